The van der Waals surface area contributed by atoms with Gasteiger partial charge < -0.3 is 28.6 Å². The Bertz CT molecular complexity index is 1680. The molecule has 0 unspecified atom stereocenters. The van der Waals surface area contributed by atoms with Crippen molar-refractivity contribution in [2.24, 2.45) is 0 Å². The van der Waals surface area contributed by atoms with Gasteiger partial charge in [0.2, 0.25) is 5.91 Å². The van der Waals surface area contributed by atoms with Crippen LogP contribution in [-0.4, -0.2) is 57.3 Å². The number of benzene rings is 4. The predicted octanol–water partition coefficient (Wildman–Crippen LogP) is 8.62. The highest BCUT2D eigenvalue weighted by Gasteiger charge is 2.16. The van der Waals surface area contributed by atoms with Crippen molar-refractivity contribution in [2.45, 2.75) is 65.4 Å². The van der Waals surface area contributed by atoms with E-state index in [2.05, 4.69) is 13.0 Å². The normalized spacial score (nSPS) is 10.8. The predicted molar refractivity (Wildman–Crippen MR) is 197 cm³/mol. The van der Waals surface area contributed by atoms with Gasteiger partial charge in [0, 0.05) is 50.6 Å². The maximum atomic E-state index is 13.8. The molecule has 272 valence electrons. The van der Waals surface area contributed by atoms with E-state index in [1.165, 1.54) is 12.1 Å². The zero-order valence-electron chi connectivity index (χ0n) is 30.3. The van der Waals surface area contributed by atoms with E-state index >= 15 is 0 Å². The summed E-state index contributed by atoms with van der Waals surface area (Å²) in [6.07, 6.45) is 3.87. The minimum absolute atomic E-state index is 0.0919. The second kappa shape index (κ2) is 20.6. The summed E-state index contributed by atoms with van der Waals surface area (Å²) in [6, 6.07) is 26.0. The average molecular weight is 700 g/mol. The molecule has 1 amide bonds. The van der Waals surface area contributed by atoms with Crippen molar-refractivity contribution >= 4 is 11.9 Å². The number of carbonyl (C=O) groups is 2. The molecule has 0 aliphatic rings. The Morgan fingerprint density at radius 2 is 1.35 bits per heavy atom. The zero-order valence-corrected chi connectivity index (χ0v) is 30.3. The number of nitrogens with zero attached hydrogens (tertiary/aromatic N) is 1. The third-order valence-corrected chi connectivity index (χ3v) is 8.26. The molecule has 0 aromatic heterocycles. The summed E-state index contributed by atoms with van der Waals surface area (Å²) in [7, 11) is 3.50. The maximum Gasteiger partial charge on any atom is 0.306 e. The Hall–Kier alpha value is -5.05. The van der Waals surface area contributed by atoms with E-state index in [9.17, 15) is 14.0 Å². The van der Waals surface area contributed by atoms with Gasteiger partial charge in [-0.15, -0.1) is 0 Å². The summed E-state index contributed by atoms with van der Waals surface area (Å²) in [5.41, 5.74) is 4.59. The first kappa shape index (κ1) is 38.7. The number of unbranched alkanes of at least 4 members (excludes halogenated alkanes) is 1. The molecule has 0 spiro atoms. The topological polar surface area (TPSA) is 83.5 Å². The minimum atomic E-state index is -0.293. The molecule has 0 saturated carbocycles. The number of rotatable bonds is 21. The van der Waals surface area contributed by atoms with Crippen LogP contribution in [0.3, 0.4) is 0 Å². The first-order chi connectivity index (χ1) is 24.8. The lowest BCUT2D eigenvalue weighted by Gasteiger charge is -2.18. The van der Waals surface area contributed by atoms with Crippen LogP contribution < -0.4 is 18.9 Å². The summed E-state index contributed by atoms with van der Waals surface area (Å²) in [4.78, 5) is 25.7. The lowest BCUT2D eigenvalue weighted by atomic mass is 10.00. The molecule has 0 N–H and O–H groups in total. The number of esters is 1. The Morgan fingerprint density at radius 1 is 0.686 bits per heavy atom. The van der Waals surface area contributed by atoms with Crippen LogP contribution in [0.15, 0.2) is 84.9 Å². The van der Waals surface area contributed by atoms with Gasteiger partial charge in [-0.3, -0.25) is 9.59 Å². The first-order valence-corrected chi connectivity index (χ1v) is 17.7. The molecule has 0 atom stereocenters. The first-order valence-electron chi connectivity index (χ1n) is 17.7. The molecule has 0 saturated heterocycles. The van der Waals surface area contributed by atoms with Crippen LogP contribution in [0.2, 0.25) is 0 Å². The molecule has 0 radical (unpaired) electrons. The lowest BCUT2D eigenvalue weighted by molar-refractivity contribution is -0.143. The molecule has 0 fully saturated rings. The smallest absolute Gasteiger partial charge is 0.306 e. The van der Waals surface area contributed by atoms with Gasteiger partial charge in [0.15, 0.2) is 0 Å². The number of halogens is 1. The fourth-order valence-electron chi connectivity index (χ4n) is 5.46. The number of amides is 1. The number of ether oxygens (including phenoxy) is 5. The summed E-state index contributed by atoms with van der Waals surface area (Å²) in [6.45, 7) is 5.79. The summed E-state index contributed by atoms with van der Waals surface area (Å²) in [5, 5.41) is 0. The summed E-state index contributed by atoms with van der Waals surface area (Å²) >= 11 is 0. The Morgan fingerprint density at radius 3 is 2.00 bits per heavy atom. The van der Waals surface area contributed by atoms with E-state index in [1.54, 1.807) is 38.1 Å². The summed E-state index contributed by atoms with van der Waals surface area (Å²) < 4.78 is 43.9. The molecular formula is C42H50FNO7. The number of aryl methyl sites for hydroxylation is 1. The van der Waals surface area contributed by atoms with E-state index in [0.717, 1.165) is 52.8 Å². The van der Waals surface area contributed by atoms with Crippen molar-refractivity contribution in [3.05, 3.63) is 107 Å². The molecular weight excluding hydrogens is 649 g/mol. The monoisotopic (exact) mass is 699 g/mol. The van der Waals surface area contributed by atoms with Gasteiger partial charge in [-0.05, 0) is 79.6 Å². The van der Waals surface area contributed by atoms with Crippen molar-refractivity contribution in [2.75, 3.05) is 40.5 Å². The van der Waals surface area contributed by atoms with Crippen LogP contribution in [0.1, 0.15) is 62.6 Å². The fraction of sp³-hybridized carbons (Fsp3) is 0.381. The zero-order chi connectivity index (χ0) is 36.4. The van der Waals surface area contributed by atoms with E-state index in [0.29, 0.717) is 69.5 Å². The van der Waals surface area contributed by atoms with Crippen molar-refractivity contribution in [3.8, 4) is 34.1 Å². The molecule has 8 nitrogen and oxygen atoms in total. The third kappa shape index (κ3) is 12.3. The van der Waals surface area contributed by atoms with Crippen molar-refractivity contribution in [1.29, 1.82) is 0 Å². The van der Waals surface area contributed by atoms with Crippen LogP contribution >= 0.6 is 0 Å². The van der Waals surface area contributed by atoms with E-state index < -0.39 is 0 Å². The molecule has 9 heteroatoms. The van der Waals surface area contributed by atoms with E-state index in [4.69, 9.17) is 23.7 Å². The Kier molecular flexibility index (Phi) is 15.6. The van der Waals surface area contributed by atoms with Gasteiger partial charge in [-0.2, -0.15) is 0 Å². The van der Waals surface area contributed by atoms with Crippen LogP contribution in [-0.2, 0) is 33.8 Å². The number of hydrogen-bond donors (Lipinski definition) is 0. The highest BCUT2D eigenvalue weighted by molar-refractivity contribution is 5.75. The quantitative estimate of drug-likeness (QED) is 0.0636. The van der Waals surface area contributed by atoms with Crippen LogP contribution in [0.5, 0.6) is 23.0 Å². The van der Waals surface area contributed by atoms with Crippen LogP contribution in [0.4, 0.5) is 4.39 Å². The standard InChI is InChI=1S/C42H50FNO7/c1-5-32-28-36(33-19-21-34(43)22-20-33)40(51-30-31-14-8-7-9-15-31)29-39(32)50-27-13-26-49-38-17-12-16-37(35(38)23-24-42(46)47-6-2)48-25-11-10-18-41(45)44(3)4/h7-9,12,14-17,19-22,28-29H,5-6,10-11,13,18,23-27,30H2,1-4H3. The summed E-state index contributed by atoms with van der Waals surface area (Å²) in [5.74, 6) is 2.20. The SMILES string of the molecule is CCOC(=O)CCc1c(OCCCCC(=O)N(C)C)cccc1OCCCOc1cc(OCc2ccccc2)c(-c2ccc(F)cc2)cc1CC. The van der Waals surface area contributed by atoms with Crippen molar-refractivity contribution < 1.29 is 37.7 Å². The second-order valence-corrected chi connectivity index (χ2v) is 12.3. The average Bonchev–Trinajstić information content (AvgIpc) is 3.14. The molecule has 0 bridgehead atoms. The molecule has 0 aliphatic carbocycles. The van der Waals surface area contributed by atoms with Gasteiger partial charge in [0.1, 0.15) is 35.4 Å². The Balaban J connectivity index is 1.41. The van der Waals surface area contributed by atoms with Crippen LogP contribution in [0, 0.1) is 5.82 Å². The van der Waals surface area contributed by atoms with Gasteiger partial charge in [-0.1, -0.05) is 55.5 Å². The molecule has 4 rings (SSSR count). The highest BCUT2D eigenvalue weighted by atomic mass is 19.1. The van der Waals surface area contributed by atoms with Crippen LogP contribution in [0.25, 0.3) is 11.1 Å². The van der Waals surface area contributed by atoms with Crippen molar-refractivity contribution in [1.82, 2.24) is 4.90 Å². The Labute approximate surface area is 301 Å². The maximum absolute atomic E-state index is 13.8. The van der Waals surface area contributed by atoms with Gasteiger partial charge in [-0.25, -0.2) is 4.39 Å². The third-order valence-electron chi connectivity index (χ3n) is 8.26. The molecule has 51 heavy (non-hydrogen) atoms. The molecule has 0 heterocycles. The molecule has 0 aliphatic heterocycles. The van der Waals surface area contributed by atoms with Crippen molar-refractivity contribution in [3.63, 3.8) is 0 Å². The second-order valence-electron chi connectivity index (χ2n) is 12.3. The van der Waals surface area contributed by atoms with Gasteiger partial charge in [0.25, 0.3) is 0 Å². The van der Waals surface area contributed by atoms with Gasteiger partial charge >= 0.3 is 5.97 Å². The largest absolute Gasteiger partial charge is 0.493 e. The molecule has 4 aromatic rings. The van der Waals surface area contributed by atoms with E-state index in [-0.39, 0.29) is 24.1 Å². The van der Waals surface area contributed by atoms with E-state index in [1.807, 2.05) is 54.6 Å². The fourth-order valence-corrected chi connectivity index (χ4v) is 5.46. The van der Waals surface area contributed by atoms with Gasteiger partial charge in [0.05, 0.1) is 26.4 Å². The minimum Gasteiger partial charge on any atom is -0.493 e. The lowest BCUT2D eigenvalue weighted by Crippen LogP contribution is -2.21. The highest BCUT2D eigenvalue weighted by Crippen LogP contribution is 2.37. The number of hydrogen-bond acceptors (Lipinski definition) is 7. The molecule has 4 aromatic carbocycles. The number of carbonyl (C=O) groups excluding carboxylic acids is 2.